The molecule has 0 unspecified atom stereocenters. The fourth-order valence-corrected chi connectivity index (χ4v) is 7.54. The van der Waals surface area contributed by atoms with Gasteiger partial charge in [0.2, 0.25) is 0 Å². The number of aryl methyl sites for hydroxylation is 1. The van der Waals surface area contributed by atoms with Crippen LogP contribution in [0.15, 0.2) is 162 Å². The third-order valence-corrected chi connectivity index (χ3v) is 10.2. The Morgan fingerprint density at radius 1 is 0.438 bits per heavy atom. The number of hydrogen-bond acceptors (Lipinski definition) is 2. The topological polar surface area (TPSA) is 16.4 Å². The van der Waals surface area contributed by atoms with Crippen LogP contribution in [0.3, 0.4) is 0 Å². The molecular weight excluding hydrogens is 583 g/mol. The second kappa shape index (κ2) is 10.9. The van der Waals surface area contributed by atoms with E-state index < -0.39 is 0 Å². The molecule has 0 bridgehead atoms. The summed E-state index contributed by atoms with van der Waals surface area (Å²) in [5, 5.41) is 2.29. The Morgan fingerprint density at radius 2 is 0.979 bits per heavy atom. The third kappa shape index (κ3) is 4.56. The van der Waals surface area contributed by atoms with Gasteiger partial charge in [-0.25, -0.2) is 0 Å². The summed E-state index contributed by atoms with van der Waals surface area (Å²) in [4.78, 5) is 2.38. The summed E-state index contributed by atoms with van der Waals surface area (Å²) in [6.07, 6.45) is 0. The van der Waals surface area contributed by atoms with Crippen molar-refractivity contribution in [2.24, 2.45) is 0 Å². The molecule has 230 valence electrons. The number of furan rings is 1. The van der Waals surface area contributed by atoms with Crippen molar-refractivity contribution in [2.75, 3.05) is 4.90 Å². The summed E-state index contributed by atoms with van der Waals surface area (Å²) in [6, 6.07) is 57.2. The molecule has 48 heavy (non-hydrogen) atoms. The minimum Gasteiger partial charge on any atom is -0.456 e. The fraction of sp³-hybridized carbons (Fsp3) is 0.0870. The molecule has 0 saturated heterocycles. The minimum absolute atomic E-state index is 0.0807. The number of fused-ring (bicyclic) bond motifs is 6. The Hall–Kier alpha value is -5.86. The summed E-state index contributed by atoms with van der Waals surface area (Å²) < 4.78 is 6.09. The molecule has 0 fully saturated rings. The first-order valence-corrected chi connectivity index (χ1v) is 16.7. The molecule has 9 rings (SSSR count). The first-order chi connectivity index (χ1) is 23.4. The van der Waals surface area contributed by atoms with Gasteiger partial charge in [0.05, 0.1) is 0 Å². The highest BCUT2D eigenvalue weighted by atomic mass is 16.3. The van der Waals surface area contributed by atoms with Gasteiger partial charge in [-0.1, -0.05) is 123 Å². The van der Waals surface area contributed by atoms with Crippen molar-refractivity contribution in [3.63, 3.8) is 0 Å². The lowest BCUT2D eigenvalue weighted by atomic mass is 9.82. The van der Waals surface area contributed by atoms with Crippen LogP contribution in [0, 0.1) is 6.92 Å². The van der Waals surface area contributed by atoms with E-state index in [2.05, 4.69) is 171 Å². The zero-order chi connectivity index (χ0) is 32.4. The predicted molar refractivity (Wildman–Crippen MR) is 202 cm³/mol. The van der Waals surface area contributed by atoms with Gasteiger partial charge in [0.1, 0.15) is 11.2 Å². The van der Waals surface area contributed by atoms with Gasteiger partial charge >= 0.3 is 0 Å². The summed E-state index contributed by atoms with van der Waals surface area (Å²) in [6.45, 7) is 6.82. The van der Waals surface area contributed by atoms with E-state index >= 15 is 0 Å². The number of hydrogen-bond donors (Lipinski definition) is 0. The molecule has 0 radical (unpaired) electrons. The largest absolute Gasteiger partial charge is 0.456 e. The fourth-order valence-electron chi connectivity index (χ4n) is 7.54. The van der Waals surface area contributed by atoms with Gasteiger partial charge in [-0.2, -0.15) is 0 Å². The van der Waals surface area contributed by atoms with Gasteiger partial charge in [0.25, 0.3) is 0 Å². The quantitative estimate of drug-likeness (QED) is 0.191. The highest BCUT2D eigenvalue weighted by Crippen LogP contribution is 2.50. The molecule has 1 heterocycles. The SMILES string of the molecule is Cc1ccc(-c2ccc(N(c3ccc(-c4ccc5oc6ccccc6c5c4)cc3)c3ccc4c(c3)C(C)(C)c3ccccc3-4)cc2)cc1. The number of nitrogens with zero attached hydrogens (tertiary/aromatic N) is 1. The molecule has 1 aromatic heterocycles. The average molecular weight is 618 g/mol. The van der Waals surface area contributed by atoms with E-state index in [4.69, 9.17) is 4.42 Å². The molecule has 2 nitrogen and oxygen atoms in total. The maximum absolute atomic E-state index is 6.09. The van der Waals surface area contributed by atoms with E-state index in [0.29, 0.717) is 0 Å². The number of para-hydroxylation sites is 1. The van der Waals surface area contributed by atoms with Crippen LogP contribution in [-0.2, 0) is 5.41 Å². The number of benzene rings is 7. The number of rotatable bonds is 5. The smallest absolute Gasteiger partial charge is 0.135 e. The molecule has 0 amide bonds. The predicted octanol–water partition coefficient (Wildman–Crippen LogP) is 13.0. The summed E-state index contributed by atoms with van der Waals surface area (Å²) >= 11 is 0. The third-order valence-electron chi connectivity index (χ3n) is 10.2. The lowest BCUT2D eigenvalue weighted by Gasteiger charge is -2.28. The second-order valence-electron chi connectivity index (χ2n) is 13.5. The van der Waals surface area contributed by atoms with Crippen LogP contribution in [-0.4, -0.2) is 0 Å². The van der Waals surface area contributed by atoms with E-state index in [1.54, 1.807) is 0 Å². The lowest BCUT2D eigenvalue weighted by molar-refractivity contribution is 0.660. The van der Waals surface area contributed by atoms with Crippen molar-refractivity contribution < 1.29 is 4.42 Å². The molecular formula is C46H35NO. The lowest BCUT2D eigenvalue weighted by Crippen LogP contribution is -2.16. The zero-order valence-corrected chi connectivity index (χ0v) is 27.4. The molecule has 1 aliphatic carbocycles. The molecule has 0 saturated carbocycles. The van der Waals surface area contributed by atoms with E-state index in [0.717, 1.165) is 39.0 Å². The van der Waals surface area contributed by atoms with Gasteiger partial charge < -0.3 is 9.32 Å². The van der Waals surface area contributed by atoms with Crippen molar-refractivity contribution in [3.05, 3.63) is 174 Å². The van der Waals surface area contributed by atoms with E-state index in [1.807, 2.05) is 12.1 Å². The molecule has 0 aliphatic heterocycles. The monoisotopic (exact) mass is 617 g/mol. The highest BCUT2D eigenvalue weighted by Gasteiger charge is 2.35. The average Bonchev–Trinajstić information content (AvgIpc) is 3.61. The Kier molecular flexibility index (Phi) is 6.42. The van der Waals surface area contributed by atoms with Crippen molar-refractivity contribution >= 4 is 39.0 Å². The summed E-state index contributed by atoms with van der Waals surface area (Å²) in [7, 11) is 0. The van der Waals surface area contributed by atoms with E-state index in [9.17, 15) is 0 Å². The highest BCUT2D eigenvalue weighted by molar-refractivity contribution is 6.06. The second-order valence-corrected chi connectivity index (χ2v) is 13.5. The molecule has 0 atom stereocenters. The van der Waals surface area contributed by atoms with Gasteiger partial charge in [-0.05, 0) is 106 Å². The molecule has 0 spiro atoms. The maximum Gasteiger partial charge on any atom is 0.135 e. The molecule has 7 aromatic carbocycles. The van der Waals surface area contributed by atoms with Crippen LogP contribution in [0.1, 0.15) is 30.5 Å². The number of anilines is 3. The minimum atomic E-state index is -0.0807. The molecule has 1 aliphatic rings. The Bertz CT molecular complexity index is 2460. The zero-order valence-electron chi connectivity index (χ0n) is 27.4. The summed E-state index contributed by atoms with van der Waals surface area (Å²) in [5.74, 6) is 0. The van der Waals surface area contributed by atoms with Crippen LogP contribution < -0.4 is 4.90 Å². The van der Waals surface area contributed by atoms with Crippen molar-refractivity contribution in [1.82, 2.24) is 0 Å². The summed E-state index contributed by atoms with van der Waals surface area (Å²) in [5.41, 5.74) is 16.6. The van der Waals surface area contributed by atoms with Gasteiger partial charge in [-0.3, -0.25) is 0 Å². The van der Waals surface area contributed by atoms with Gasteiger partial charge in [0.15, 0.2) is 0 Å². The van der Waals surface area contributed by atoms with Crippen molar-refractivity contribution in [1.29, 1.82) is 0 Å². The van der Waals surface area contributed by atoms with Crippen LogP contribution >= 0.6 is 0 Å². The van der Waals surface area contributed by atoms with Crippen molar-refractivity contribution in [2.45, 2.75) is 26.2 Å². The van der Waals surface area contributed by atoms with Crippen LogP contribution in [0.2, 0.25) is 0 Å². The first-order valence-electron chi connectivity index (χ1n) is 16.7. The van der Waals surface area contributed by atoms with Crippen LogP contribution in [0.4, 0.5) is 17.1 Å². The van der Waals surface area contributed by atoms with Crippen molar-refractivity contribution in [3.8, 4) is 33.4 Å². The molecule has 2 heteroatoms. The van der Waals surface area contributed by atoms with E-state index in [1.165, 1.54) is 50.1 Å². The Morgan fingerprint density at radius 3 is 1.71 bits per heavy atom. The van der Waals surface area contributed by atoms with Gasteiger partial charge in [-0.15, -0.1) is 0 Å². The standard InChI is InChI=1S/C46H35NO/c1-30-12-14-31(15-13-30)32-16-21-35(22-17-32)47(37-25-26-39-38-8-4-6-10-42(38)46(2,3)43(39)29-37)36-23-18-33(19-24-36)34-20-27-45-41(28-34)40-9-5-7-11-44(40)48-45/h4-29H,1-3H3. The first kappa shape index (κ1) is 28.4. The Balaban J connectivity index is 1.14. The maximum atomic E-state index is 6.09. The van der Waals surface area contributed by atoms with Gasteiger partial charge in [0, 0.05) is 33.2 Å². The normalized spacial score (nSPS) is 13.1. The van der Waals surface area contributed by atoms with Crippen LogP contribution in [0.25, 0.3) is 55.3 Å². The Labute approximate surface area is 281 Å². The molecule has 0 N–H and O–H groups in total. The van der Waals surface area contributed by atoms with E-state index in [-0.39, 0.29) is 5.41 Å². The van der Waals surface area contributed by atoms with Crippen LogP contribution in [0.5, 0.6) is 0 Å². The molecule has 8 aromatic rings.